The first kappa shape index (κ1) is 17.8. The normalized spacial score (nSPS) is 12.7. The number of anilines is 2. The van der Waals surface area contributed by atoms with Crippen LogP contribution in [-0.4, -0.2) is 29.1 Å². The van der Waals surface area contributed by atoms with Gasteiger partial charge in [-0.2, -0.15) is 0 Å². The number of carbonyl (C=O) groups is 2. The van der Waals surface area contributed by atoms with Gasteiger partial charge in [0.05, 0.1) is 11.3 Å². The molecule has 0 saturated heterocycles. The van der Waals surface area contributed by atoms with Crippen molar-refractivity contribution in [2.24, 2.45) is 0 Å². The molecule has 27 heavy (non-hydrogen) atoms. The van der Waals surface area contributed by atoms with Gasteiger partial charge in [-0.3, -0.25) is 14.9 Å². The minimum Gasteiger partial charge on any atom is -0.311 e. The highest BCUT2D eigenvalue weighted by atomic mass is 32.2. The Labute approximate surface area is 165 Å². The SMILES string of the molecule is O=C(Nc1nccs1)c1ccccc1SCC(=O)N1CCc2ccccc21. The molecule has 0 radical (unpaired) electrons. The summed E-state index contributed by atoms with van der Waals surface area (Å²) >= 11 is 2.76. The van der Waals surface area contributed by atoms with Crippen LogP contribution in [0.4, 0.5) is 10.8 Å². The summed E-state index contributed by atoms with van der Waals surface area (Å²) in [6.45, 7) is 0.713. The van der Waals surface area contributed by atoms with Crippen molar-refractivity contribution in [3.63, 3.8) is 0 Å². The number of nitrogens with one attached hydrogen (secondary N) is 1. The Morgan fingerprint density at radius 3 is 2.81 bits per heavy atom. The Balaban J connectivity index is 1.44. The number of benzene rings is 2. The average molecular weight is 396 g/mol. The van der Waals surface area contributed by atoms with E-state index in [2.05, 4.69) is 16.4 Å². The number of thiazole rings is 1. The molecule has 2 amide bonds. The maximum absolute atomic E-state index is 12.7. The monoisotopic (exact) mass is 395 g/mol. The lowest BCUT2D eigenvalue weighted by Crippen LogP contribution is -2.30. The fourth-order valence-electron chi connectivity index (χ4n) is 3.04. The van der Waals surface area contributed by atoms with Gasteiger partial charge in [0.1, 0.15) is 0 Å². The van der Waals surface area contributed by atoms with Crippen molar-refractivity contribution in [1.29, 1.82) is 0 Å². The van der Waals surface area contributed by atoms with Crippen molar-refractivity contribution in [2.45, 2.75) is 11.3 Å². The molecule has 3 aromatic rings. The highest BCUT2D eigenvalue weighted by Gasteiger charge is 2.24. The summed E-state index contributed by atoms with van der Waals surface area (Å²) < 4.78 is 0. The molecule has 0 spiro atoms. The minimum atomic E-state index is -0.216. The molecular formula is C20H17N3O2S2. The number of aromatic nitrogens is 1. The van der Waals surface area contributed by atoms with Gasteiger partial charge in [0.15, 0.2) is 5.13 Å². The van der Waals surface area contributed by atoms with Crippen LogP contribution in [0.15, 0.2) is 65.0 Å². The fraction of sp³-hybridized carbons (Fsp3) is 0.150. The highest BCUT2D eigenvalue weighted by molar-refractivity contribution is 8.00. The summed E-state index contributed by atoms with van der Waals surface area (Å²) in [6.07, 6.45) is 2.53. The number of rotatable bonds is 5. The largest absolute Gasteiger partial charge is 0.311 e. The molecule has 0 atom stereocenters. The zero-order valence-electron chi connectivity index (χ0n) is 14.4. The standard InChI is InChI=1S/C20H17N3O2S2/c24-18(23-11-9-14-5-1-3-7-16(14)23)13-27-17-8-4-2-6-15(17)19(25)22-20-21-10-12-26-20/h1-8,10,12H,9,11,13H2,(H,21,22,25). The number of carbonyl (C=O) groups excluding carboxylic acids is 2. The van der Waals surface area contributed by atoms with Gasteiger partial charge in [0.2, 0.25) is 5.91 Å². The zero-order valence-corrected chi connectivity index (χ0v) is 16.1. The van der Waals surface area contributed by atoms with E-state index in [-0.39, 0.29) is 17.6 Å². The summed E-state index contributed by atoms with van der Waals surface area (Å²) in [7, 11) is 0. The third kappa shape index (κ3) is 3.89. The van der Waals surface area contributed by atoms with Crippen LogP contribution in [0, 0.1) is 0 Å². The molecule has 0 bridgehead atoms. The quantitative estimate of drug-likeness (QED) is 0.662. The molecule has 1 aliphatic rings. The van der Waals surface area contributed by atoms with E-state index < -0.39 is 0 Å². The van der Waals surface area contributed by atoms with Crippen LogP contribution in [0.3, 0.4) is 0 Å². The maximum atomic E-state index is 12.7. The summed E-state index contributed by atoms with van der Waals surface area (Å²) in [4.78, 5) is 32.0. The number of thioether (sulfide) groups is 1. The first-order valence-electron chi connectivity index (χ1n) is 8.53. The van der Waals surface area contributed by atoms with Crippen molar-refractivity contribution in [1.82, 2.24) is 4.98 Å². The molecule has 136 valence electrons. The van der Waals surface area contributed by atoms with Gasteiger partial charge in [-0.1, -0.05) is 30.3 Å². The number of hydrogen-bond donors (Lipinski definition) is 1. The van der Waals surface area contributed by atoms with E-state index in [4.69, 9.17) is 0 Å². The summed E-state index contributed by atoms with van der Waals surface area (Å²) in [5.41, 5.74) is 2.75. The zero-order chi connectivity index (χ0) is 18.6. The van der Waals surface area contributed by atoms with Crippen molar-refractivity contribution in [2.75, 3.05) is 22.5 Å². The molecule has 0 saturated carbocycles. The number of hydrogen-bond acceptors (Lipinski definition) is 5. The van der Waals surface area contributed by atoms with Gasteiger partial charge >= 0.3 is 0 Å². The Kier molecular flexibility index (Phi) is 5.22. The van der Waals surface area contributed by atoms with Gasteiger partial charge in [-0.15, -0.1) is 23.1 Å². The summed E-state index contributed by atoms with van der Waals surface area (Å²) in [5.74, 6) is 0.127. The van der Waals surface area contributed by atoms with E-state index in [1.54, 1.807) is 12.3 Å². The molecule has 2 aromatic carbocycles. The van der Waals surface area contributed by atoms with Crippen LogP contribution in [0.2, 0.25) is 0 Å². The van der Waals surface area contributed by atoms with E-state index in [0.717, 1.165) is 17.0 Å². The van der Waals surface area contributed by atoms with Crippen molar-refractivity contribution < 1.29 is 9.59 Å². The summed E-state index contributed by atoms with van der Waals surface area (Å²) in [5, 5.41) is 5.16. The van der Waals surface area contributed by atoms with E-state index in [0.29, 0.717) is 17.2 Å². The third-order valence-electron chi connectivity index (χ3n) is 4.32. The van der Waals surface area contributed by atoms with Crippen molar-refractivity contribution in [3.8, 4) is 0 Å². The van der Waals surface area contributed by atoms with Gasteiger partial charge in [0, 0.05) is 28.7 Å². The fourth-order valence-corrected chi connectivity index (χ4v) is 4.49. The molecule has 0 fully saturated rings. The van der Waals surface area contributed by atoms with E-state index in [9.17, 15) is 9.59 Å². The topological polar surface area (TPSA) is 62.3 Å². The second-order valence-electron chi connectivity index (χ2n) is 6.00. The van der Waals surface area contributed by atoms with Crippen LogP contribution in [-0.2, 0) is 11.2 Å². The molecule has 1 N–H and O–H groups in total. The number of fused-ring (bicyclic) bond motifs is 1. The molecule has 1 aliphatic heterocycles. The van der Waals surface area contributed by atoms with Gasteiger partial charge < -0.3 is 4.90 Å². The Hall–Kier alpha value is -2.64. The van der Waals surface area contributed by atoms with Crippen LogP contribution in [0.1, 0.15) is 15.9 Å². The van der Waals surface area contributed by atoms with Crippen LogP contribution >= 0.6 is 23.1 Å². The lowest BCUT2D eigenvalue weighted by molar-refractivity contribution is -0.116. The predicted molar refractivity (Wildman–Crippen MR) is 110 cm³/mol. The predicted octanol–water partition coefficient (Wildman–Crippen LogP) is 4.08. The van der Waals surface area contributed by atoms with E-state index in [1.807, 2.05) is 46.7 Å². The molecule has 1 aromatic heterocycles. The van der Waals surface area contributed by atoms with Gasteiger partial charge in [-0.25, -0.2) is 4.98 Å². The molecule has 2 heterocycles. The minimum absolute atomic E-state index is 0.0556. The highest BCUT2D eigenvalue weighted by Crippen LogP contribution is 2.30. The van der Waals surface area contributed by atoms with Crippen LogP contribution in [0.25, 0.3) is 0 Å². The molecule has 7 heteroatoms. The van der Waals surface area contributed by atoms with Crippen LogP contribution in [0.5, 0.6) is 0 Å². The lowest BCUT2D eigenvalue weighted by Gasteiger charge is -2.17. The van der Waals surface area contributed by atoms with Gasteiger partial charge in [-0.05, 0) is 30.2 Å². The molecule has 5 nitrogen and oxygen atoms in total. The summed E-state index contributed by atoms with van der Waals surface area (Å²) in [6, 6.07) is 15.3. The second kappa shape index (κ2) is 7.94. The van der Waals surface area contributed by atoms with Crippen LogP contribution < -0.4 is 10.2 Å². The molecule has 0 unspecified atom stereocenters. The number of para-hydroxylation sites is 1. The second-order valence-corrected chi connectivity index (χ2v) is 7.91. The molecule has 0 aliphatic carbocycles. The molecule has 4 rings (SSSR count). The van der Waals surface area contributed by atoms with E-state index >= 15 is 0 Å². The average Bonchev–Trinajstić information content (AvgIpc) is 3.36. The lowest BCUT2D eigenvalue weighted by atomic mass is 10.2. The number of nitrogens with zero attached hydrogens (tertiary/aromatic N) is 2. The Morgan fingerprint density at radius 1 is 1.15 bits per heavy atom. The number of amides is 2. The van der Waals surface area contributed by atoms with Crippen molar-refractivity contribution in [3.05, 3.63) is 71.2 Å². The first-order chi connectivity index (χ1) is 13.2. The smallest absolute Gasteiger partial charge is 0.258 e. The first-order valence-corrected chi connectivity index (χ1v) is 10.4. The third-order valence-corrected chi connectivity index (χ3v) is 6.07. The van der Waals surface area contributed by atoms with E-state index in [1.165, 1.54) is 28.7 Å². The molecular weight excluding hydrogens is 378 g/mol. The Morgan fingerprint density at radius 2 is 1.96 bits per heavy atom. The maximum Gasteiger partial charge on any atom is 0.258 e. The Bertz CT molecular complexity index is 973. The van der Waals surface area contributed by atoms with Gasteiger partial charge in [0.25, 0.3) is 5.91 Å². The van der Waals surface area contributed by atoms with Crippen molar-refractivity contribution >= 4 is 45.7 Å².